The van der Waals surface area contributed by atoms with E-state index in [1.54, 1.807) is 6.92 Å². The first-order valence-electron chi connectivity index (χ1n) is 6.58. The molecule has 1 saturated carbocycles. The number of hydrogen-bond donors (Lipinski definition) is 2. The van der Waals surface area contributed by atoms with E-state index in [9.17, 15) is 18.7 Å². The summed E-state index contributed by atoms with van der Waals surface area (Å²) in [5, 5.41) is 12.2. The second-order valence-corrected chi connectivity index (χ2v) is 4.93. The zero-order valence-electron chi connectivity index (χ0n) is 11.2. The van der Waals surface area contributed by atoms with Crippen molar-refractivity contribution in [3.05, 3.63) is 29.3 Å². The molecule has 4 nitrogen and oxygen atoms in total. The van der Waals surface area contributed by atoms with E-state index in [4.69, 9.17) is 4.74 Å². The minimum Gasteiger partial charge on any atom is -0.491 e. The fourth-order valence-corrected chi connectivity index (χ4v) is 2.10. The van der Waals surface area contributed by atoms with Crippen molar-refractivity contribution in [1.29, 1.82) is 0 Å². The van der Waals surface area contributed by atoms with Gasteiger partial charge in [-0.15, -0.1) is 0 Å². The molecular formula is C14H17F2NO3. The molecule has 0 radical (unpaired) electrons. The highest BCUT2D eigenvalue weighted by molar-refractivity contribution is 5.95. The van der Waals surface area contributed by atoms with Gasteiger partial charge in [0.05, 0.1) is 12.2 Å². The Bertz CT molecular complexity index is 515. The van der Waals surface area contributed by atoms with Gasteiger partial charge in [0.1, 0.15) is 11.4 Å². The van der Waals surface area contributed by atoms with Gasteiger partial charge in [0.25, 0.3) is 5.91 Å². The van der Waals surface area contributed by atoms with Crippen molar-refractivity contribution in [2.75, 3.05) is 13.2 Å². The van der Waals surface area contributed by atoms with Crippen molar-refractivity contribution in [3.63, 3.8) is 0 Å². The fraction of sp³-hybridized carbons (Fsp3) is 0.500. The molecule has 1 aliphatic rings. The molecule has 1 aliphatic carbocycles. The highest BCUT2D eigenvalue weighted by Gasteiger charge is 2.35. The number of benzene rings is 1. The smallest absolute Gasteiger partial charge is 0.257 e. The monoisotopic (exact) mass is 285 g/mol. The summed E-state index contributed by atoms with van der Waals surface area (Å²) < 4.78 is 32.6. The molecule has 0 spiro atoms. The molecule has 1 fully saturated rings. The maximum Gasteiger partial charge on any atom is 0.257 e. The zero-order valence-corrected chi connectivity index (χ0v) is 11.2. The van der Waals surface area contributed by atoms with Gasteiger partial charge in [-0.2, -0.15) is 0 Å². The van der Waals surface area contributed by atoms with E-state index in [1.165, 1.54) is 0 Å². The van der Waals surface area contributed by atoms with Crippen molar-refractivity contribution < 1.29 is 23.4 Å². The molecule has 0 aliphatic heterocycles. The first-order valence-corrected chi connectivity index (χ1v) is 6.58. The van der Waals surface area contributed by atoms with Gasteiger partial charge in [0.15, 0.2) is 11.6 Å². The lowest BCUT2D eigenvalue weighted by Crippen LogP contribution is -2.48. The highest BCUT2D eigenvalue weighted by Crippen LogP contribution is 2.31. The van der Waals surface area contributed by atoms with Gasteiger partial charge in [-0.05, 0) is 38.3 Å². The molecule has 0 bridgehead atoms. The van der Waals surface area contributed by atoms with Crippen LogP contribution in [0, 0.1) is 11.6 Å². The van der Waals surface area contributed by atoms with E-state index in [1.807, 2.05) is 0 Å². The Kier molecular flexibility index (Phi) is 4.23. The topological polar surface area (TPSA) is 58.6 Å². The molecule has 20 heavy (non-hydrogen) atoms. The quantitative estimate of drug-likeness (QED) is 0.870. The summed E-state index contributed by atoms with van der Waals surface area (Å²) in [6.07, 6.45) is 2.05. The van der Waals surface area contributed by atoms with Crippen molar-refractivity contribution in [2.24, 2.45) is 0 Å². The third kappa shape index (κ3) is 2.90. The van der Waals surface area contributed by atoms with Crippen LogP contribution in [0.25, 0.3) is 0 Å². The van der Waals surface area contributed by atoms with E-state index in [2.05, 4.69) is 5.32 Å². The van der Waals surface area contributed by atoms with Crippen LogP contribution in [-0.4, -0.2) is 29.8 Å². The molecule has 0 aromatic heterocycles. The summed E-state index contributed by atoms with van der Waals surface area (Å²) in [6.45, 7) is 1.86. The minimum atomic E-state index is -1.02. The van der Waals surface area contributed by atoms with Crippen LogP contribution in [0.3, 0.4) is 0 Å². The van der Waals surface area contributed by atoms with Gasteiger partial charge in [-0.25, -0.2) is 8.78 Å². The summed E-state index contributed by atoms with van der Waals surface area (Å²) in [6, 6.07) is 2.13. The molecule has 110 valence electrons. The van der Waals surface area contributed by atoms with Gasteiger partial charge in [0, 0.05) is 6.54 Å². The predicted octanol–water partition coefficient (Wildman–Crippen LogP) is 2.01. The van der Waals surface area contributed by atoms with Crippen LogP contribution in [0.2, 0.25) is 0 Å². The van der Waals surface area contributed by atoms with Gasteiger partial charge in [0.2, 0.25) is 0 Å². The molecule has 0 unspecified atom stereocenters. The van der Waals surface area contributed by atoms with E-state index in [0.29, 0.717) is 12.8 Å². The first-order chi connectivity index (χ1) is 9.47. The standard InChI is InChI=1S/C14H17F2NO3/c1-2-20-10-5-4-9(15)11(12(10)16)13(18)17-8-14(19)6-3-7-14/h4-5,19H,2-3,6-8H2,1H3,(H,17,18). The molecule has 0 heterocycles. The van der Waals surface area contributed by atoms with E-state index in [0.717, 1.165) is 18.6 Å². The second-order valence-electron chi connectivity index (χ2n) is 4.93. The number of halogens is 2. The Balaban J connectivity index is 2.13. The number of carbonyl (C=O) groups excluding carboxylic acids is 1. The van der Waals surface area contributed by atoms with Crippen LogP contribution < -0.4 is 10.1 Å². The molecule has 6 heteroatoms. The normalized spacial score (nSPS) is 16.4. The van der Waals surface area contributed by atoms with Crippen molar-refractivity contribution in [2.45, 2.75) is 31.8 Å². The van der Waals surface area contributed by atoms with Crippen molar-refractivity contribution in [3.8, 4) is 5.75 Å². The molecule has 1 aromatic carbocycles. The zero-order chi connectivity index (χ0) is 14.8. The highest BCUT2D eigenvalue weighted by atomic mass is 19.1. The molecule has 0 atom stereocenters. The number of rotatable bonds is 5. The first kappa shape index (κ1) is 14.7. The summed E-state index contributed by atoms with van der Waals surface area (Å²) >= 11 is 0. The number of hydrogen-bond acceptors (Lipinski definition) is 3. The van der Waals surface area contributed by atoms with Crippen LogP contribution in [0.5, 0.6) is 5.75 Å². The third-order valence-corrected chi connectivity index (χ3v) is 3.44. The number of ether oxygens (including phenoxy) is 1. The minimum absolute atomic E-state index is 0.0103. The Labute approximate surface area is 115 Å². The molecule has 1 aromatic rings. The SMILES string of the molecule is CCOc1ccc(F)c(C(=O)NCC2(O)CCC2)c1F. The van der Waals surface area contributed by atoms with Crippen LogP contribution in [0.1, 0.15) is 36.5 Å². The van der Waals surface area contributed by atoms with E-state index in [-0.39, 0.29) is 18.9 Å². The summed E-state index contributed by atoms with van der Waals surface area (Å²) in [5.41, 5.74) is -1.63. The number of aliphatic hydroxyl groups is 1. The van der Waals surface area contributed by atoms with Crippen molar-refractivity contribution in [1.82, 2.24) is 5.32 Å². The Morgan fingerprint density at radius 3 is 2.70 bits per heavy atom. The lowest BCUT2D eigenvalue weighted by molar-refractivity contribution is -0.0301. The van der Waals surface area contributed by atoms with Crippen molar-refractivity contribution >= 4 is 5.91 Å². The van der Waals surface area contributed by atoms with Gasteiger partial charge >= 0.3 is 0 Å². The molecular weight excluding hydrogens is 268 g/mol. The predicted molar refractivity (Wildman–Crippen MR) is 68.7 cm³/mol. The van der Waals surface area contributed by atoms with E-state index < -0.39 is 28.7 Å². The fourth-order valence-electron chi connectivity index (χ4n) is 2.10. The van der Waals surface area contributed by atoms with E-state index >= 15 is 0 Å². The van der Waals surface area contributed by atoms with Crippen LogP contribution in [-0.2, 0) is 0 Å². The number of nitrogens with one attached hydrogen (secondary N) is 1. The van der Waals surface area contributed by atoms with Crippen LogP contribution >= 0.6 is 0 Å². The number of amides is 1. The van der Waals surface area contributed by atoms with Gasteiger partial charge in [-0.1, -0.05) is 0 Å². The Hall–Kier alpha value is -1.69. The van der Waals surface area contributed by atoms with Crippen LogP contribution in [0.15, 0.2) is 12.1 Å². The van der Waals surface area contributed by atoms with Crippen LogP contribution in [0.4, 0.5) is 8.78 Å². The molecule has 0 saturated heterocycles. The summed E-state index contributed by atoms with van der Waals surface area (Å²) in [7, 11) is 0. The van der Waals surface area contributed by atoms with Gasteiger partial charge < -0.3 is 15.2 Å². The molecule has 1 amide bonds. The van der Waals surface area contributed by atoms with Gasteiger partial charge in [-0.3, -0.25) is 4.79 Å². The average molecular weight is 285 g/mol. The lowest BCUT2D eigenvalue weighted by atomic mass is 9.80. The summed E-state index contributed by atoms with van der Waals surface area (Å²) in [4.78, 5) is 11.9. The number of carbonyl (C=O) groups is 1. The molecule has 2 rings (SSSR count). The average Bonchev–Trinajstić information content (AvgIpc) is 2.38. The second kappa shape index (κ2) is 5.75. The largest absolute Gasteiger partial charge is 0.491 e. The maximum atomic E-state index is 14.0. The maximum absolute atomic E-state index is 14.0. The third-order valence-electron chi connectivity index (χ3n) is 3.44. The molecule has 2 N–H and O–H groups in total. The lowest BCUT2D eigenvalue weighted by Gasteiger charge is -2.36. The Morgan fingerprint density at radius 1 is 1.45 bits per heavy atom. The Morgan fingerprint density at radius 2 is 2.15 bits per heavy atom. The summed E-state index contributed by atoms with van der Waals surface area (Å²) in [5.74, 6) is -3.03.